The molecule has 2 N–H and O–H groups in total. The zero-order chi connectivity index (χ0) is 28.8. The molecular weight excluding hydrogens is 527 g/mol. The lowest BCUT2D eigenvalue weighted by molar-refractivity contribution is -0.136. The molecule has 10 heteroatoms. The molecule has 1 saturated heterocycles. The number of carbonyl (C=O) groups is 4. The van der Waals surface area contributed by atoms with Gasteiger partial charge in [0.25, 0.3) is 11.8 Å². The van der Waals surface area contributed by atoms with E-state index < -0.39 is 11.9 Å². The molecule has 0 saturated carbocycles. The fourth-order valence-corrected chi connectivity index (χ4v) is 5.04. The van der Waals surface area contributed by atoms with Crippen LogP contribution in [0.15, 0.2) is 60.8 Å². The Morgan fingerprint density at radius 3 is 2.54 bits per heavy atom. The van der Waals surface area contributed by atoms with Gasteiger partial charge in [0.1, 0.15) is 23.3 Å². The van der Waals surface area contributed by atoms with E-state index in [0.29, 0.717) is 43.1 Å². The van der Waals surface area contributed by atoms with Crippen LogP contribution in [0.25, 0.3) is 11.1 Å². The number of hydrogen-bond donors (Lipinski definition) is 2. The second kappa shape index (κ2) is 12.7. The first kappa shape index (κ1) is 27.9. The van der Waals surface area contributed by atoms with E-state index in [1.807, 2.05) is 6.07 Å². The highest BCUT2D eigenvalue weighted by atomic mass is 19.1. The number of fused-ring (bicyclic) bond motifs is 1. The van der Waals surface area contributed by atoms with Gasteiger partial charge in [0.2, 0.25) is 11.8 Å². The number of unbranched alkanes of at least 4 members (excludes halogenated alkanes) is 3. The van der Waals surface area contributed by atoms with Crippen LogP contribution in [0.2, 0.25) is 0 Å². The summed E-state index contributed by atoms with van der Waals surface area (Å²) < 4.78 is 19.0. The van der Waals surface area contributed by atoms with Crippen molar-refractivity contribution in [1.82, 2.24) is 20.5 Å². The molecule has 1 atom stereocenters. The van der Waals surface area contributed by atoms with E-state index in [1.54, 1.807) is 42.6 Å². The third-order valence-electron chi connectivity index (χ3n) is 7.29. The molecule has 3 heterocycles. The molecule has 1 fully saturated rings. The van der Waals surface area contributed by atoms with Gasteiger partial charge < -0.3 is 15.0 Å². The minimum Gasteiger partial charge on any atom is -0.494 e. The fourth-order valence-electron chi connectivity index (χ4n) is 5.04. The van der Waals surface area contributed by atoms with Gasteiger partial charge in [-0.15, -0.1) is 0 Å². The first-order valence-corrected chi connectivity index (χ1v) is 13.8. The van der Waals surface area contributed by atoms with E-state index in [9.17, 15) is 23.6 Å². The Hall–Kier alpha value is -4.60. The van der Waals surface area contributed by atoms with Gasteiger partial charge in [0.15, 0.2) is 0 Å². The van der Waals surface area contributed by atoms with Crippen LogP contribution in [-0.4, -0.2) is 52.7 Å². The summed E-state index contributed by atoms with van der Waals surface area (Å²) in [6.45, 7) is 1.39. The molecule has 3 aromatic rings. The summed E-state index contributed by atoms with van der Waals surface area (Å²) >= 11 is 0. The van der Waals surface area contributed by atoms with Gasteiger partial charge in [-0.1, -0.05) is 31.0 Å². The van der Waals surface area contributed by atoms with E-state index >= 15 is 0 Å². The molecule has 1 aromatic heterocycles. The van der Waals surface area contributed by atoms with E-state index in [0.717, 1.165) is 42.4 Å². The number of benzene rings is 2. The molecular formula is C31H31FN4O5. The SMILES string of the molecule is O=C1CCC(N2Cc3cc(OCCCCCCNC(=O)c4ccc(-c5ccc(F)cc5)cn4)ccc3C2=O)C(=O)N1. The molecule has 0 aliphatic carbocycles. The Morgan fingerprint density at radius 1 is 1.00 bits per heavy atom. The maximum Gasteiger partial charge on any atom is 0.269 e. The van der Waals surface area contributed by atoms with Gasteiger partial charge in [-0.3, -0.25) is 29.5 Å². The normalized spacial score (nSPS) is 16.4. The summed E-state index contributed by atoms with van der Waals surface area (Å²) in [4.78, 5) is 54.6. The van der Waals surface area contributed by atoms with Crippen LogP contribution in [-0.2, 0) is 16.1 Å². The molecule has 41 heavy (non-hydrogen) atoms. The highest BCUT2D eigenvalue weighted by Gasteiger charge is 2.39. The Kier molecular flexibility index (Phi) is 8.67. The second-order valence-corrected chi connectivity index (χ2v) is 10.2. The number of imide groups is 1. The number of ether oxygens (including phenoxy) is 1. The van der Waals surface area contributed by atoms with Crippen molar-refractivity contribution in [2.45, 2.75) is 51.1 Å². The summed E-state index contributed by atoms with van der Waals surface area (Å²) in [5.41, 5.74) is 3.35. The first-order chi connectivity index (χ1) is 19.9. The molecule has 212 valence electrons. The molecule has 4 amide bonds. The van der Waals surface area contributed by atoms with Crippen molar-refractivity contribution in [3.63, 3.8) is 0 Å². The van der Waals surface area contributed by atoms with E-state index in [-0.39, 0.29) is 30.0 Å². The summed E-state index contributed by atoms with van der Waals surface area (Å²) in [7, 11) is 0. The van der Waals surface area contributed by atoms with Crippen LogP contribution in [0.3, 0.4) is 0 Å². The smallest absolute Gasteiger partial charge is 0.269 e. The van der Waals surface area contributed by atoms with Crippen molar-refractivity contribution in [2.24, 2.45) is 0 Å². The minimum absolute atomic E-state index is 0.203. The number of amides is 4. The number of carbonyl (C=O) groups excluding carboxylic acids is 4. The van der Waals surface area contributed by atoms with Gasteiger partial charge in [0, 0.05) is 36.8 Å². The van der Waals surface area contributed by atoms with Crippen LogP contribution in [0.5, 0.6) is 5.75 Å². The van der Waals surface area contributed by atoms with Crippen molar-refractivity contribution < 1.29 is 28.3 Å². The number of nitrogens with one attached hydrogen (secondary N) is 2. The third kappa shape index (κ3) is 6.77. The molecule has 1 unspecified atom stereocenters. The van der Waals surface area contributed by atoms with E-state index in [1.165, 1.54) is 17.0 Å². The summed E-state index contributed by atoms with van der Waals surface area (Å²) in [5, 5.41) is 5.20. The van der Waals surface area contributed by atoms with Crippen molar-refractivity contribution in [3.05, 3.63) is 83.4 Å². The number of halogens is 1. The molecule has 9 nitrogen and oxygen atoms in total. The number of piperidine rings is 1. The molecule has 5 rings (SSSR count). The number of rotatable bonds is 11. The average molecular weight is 559 g/mol. The number of pyridine rings is 1. The van der Waals surface area contributed by atoms with Crippen LogP contribution in [0.4, 0.5) is 4.39 Å². The lowest BCUT2D eigenvalue weighted by atomic mass is 10.0. The summed E-state index contributed by atoms with van der Waals surface area (Å²) in [5.74, 6) is -0.792. The highest BCUT2D eigenvalue weighted by Crippen LogP contribution is 2.30. The molecule has 0 radical (unpaired) electrons. The predicted octanol–water partition coefficient (Wildman–Crippen LogP) is 4.02. The lowest BCUT2D eigenvalue weighted by Crippen LogP contribution is -2.52. The number of nitrogens with zero attached hydrogens (tertiary/aromatic N) is 2. The second-order valence-electron chi connectivity index (χ2n) is 10.2. The third-order valence-corrected chi connectivity index (χ3v) is 7.29. The van der Waals surface area contributed by atoms with Gasteiger partial charge in [-0.2, -0.15) is 0 Å². The zero-order valence-electron chi connectivity index (χ0n) is 22.5. The van der Waals surface area contributed by atoms with Gasteiger partial charge >= 0.3 is 0 Å². The Balaban J connectivity index is 0.978. The molecule has 0 bridgehead atoms. The van der Waals surface area contributed by atoms with Gasteiger partial charge in [0.05, 0.1) is 6.61 Å². The number of aromatic nitrogens is 1. The summed E-state index contributed by atoms with van der Waals surface area (Å²) in [6.07, 6.45) is 5.71. The largest absolute Gasteiger partial charge is 0.494 e. The van der Waals surface area contributed by atoms with Gasteiger partial charge in [-0.05, 0) is 66.8 Å². The first-order valence-electron chi connectivity index (χ1n) is 13.8. The lowest BCUT2D eigenvalue weighted by Gasteiger charge is -2.29. The summed E-state index contributed by atoms with van der Waals surface area (Å²) in [6, 6.07) is 14.3. The van der Waals surface area contributed by atoms with Crippen molar-refractivity contribution in [3.8, 4) is 16.9 Å². The van der Waals surface area contributed by atoms with Gasteiger partial charge in [-0.25, -0.2) is 4.39 Å². The zero-order valence-corrected chi connectivity index (χ0v) is 22.5. The predicted molar refractivity (Wildman–Crippen MR) is 148 cm³/mol. The number of hydrogen-bond acceptors (Lipinski definition) is 6. The van der Waals surface area contributed by atoms with Crippen molar-refractivity contribution in [2.75, 3.05) is 13.2 Å². The topological polar surface area (TPSA) is 118 Å². The maximum absolute atomic E-state index is 13.1. The molecule has 2 aliphatic heterocycles. The van der Waals surface area contributed by atoms with Crippen LogP contribution in [0.1, 0.15) is 64.9 Å². The van der Waals surface area contributed by atoms with Crippen LogP contribution >= 0.6 is 0 Å². The maximum atomic E-state index is 13.1. The standard InChI is InChI=1S/C31H31FN4O5/c32-23-8-5-20(6-9-23)21-7-12-26(34-18-21)29(38)33-15-3-1-2-4-16-41-24-10-11-25-22(17-24)19-36(31(25)40)27-13-14-28(37)35-30(27)39/h5-12,17-18,27H,1-4,13-16,19H2,(H,33,38)(H,35,37,39). The highest BCUT2D eigenvalue weighted by molar-refractivity contribution is 6.05. The van der Waals surface area contributed by atoms with Crippen molar-refractivity contribution >= 4 is 23.6 Å². The molecule has 0 spiro atoms. The monoisotopic (exact) mass is 558 g/mol. The van der Waals surface area contributed by atoms with Crippen LogP contribution < -0.4 is 15.4 Å². The molecule has 2 aromatic carbocycles. The van der Waals surface area contributed by atoms with Crippen molar-refractivity contribution in [1.29, 1.82) is 0 Å². The average Bonchev–Trinajstić information content (AvgIpc) is 3.30. The Bertz CT molecular complexity index is 1440. The fraction of sp³-hybridized carbons (Fsp3) is 0.323. The minimum atomic E-state index is -0.633. The van der Waals surface area contributed by atoms with Crippen LogP contribution in [0, 0.1) is 5.82 Å². The van der Waals surface area contributed by atoms with E-state index in [2.05, 4.69) is 15.6 Å². The van der Waals surface area contributed by atoms with E-state index in [4.69, 9.17) is 4.74 Å². The Labute approximate surface area is 237 Å². The molecule has 2 aliphatic rings. The quantitative estimate of drug-likeness (QED) is 0.271. The Morgan fingerprint density at radius 2 is 1.78 bits per heavy atom.